The number of hydrogen-bond acceptors (Lipinski definition) is 4. The van der Waals surface area contributed by atoms with Crippen molar-refractivity contribution in [2.24, 2.45) is 0 Å². The van der Waals surface area contributed by atoms with Crippen LogP contribution in [0.5, 0.6) is 0 Å². The molecular formula is C10H15N3O3. The number of nitrogens with zero attached hydrogens (tertiary/aromatic N) is 3. The average molecular weight is 225 g/mol. The van der Waals surface area contributed by atoms with E-state index >= 15 is 0 Å². The lowest BCUT2D eigenvalue weighted by Gasteiger charge is -2.14. The van der Waals surface area contributed by atoms with Crippen LogP contribution in [0.2, 0.25) is 0 Å². The molecule has 2 N–H and O–H groups in total. The lowest BCUT2D eigenvalue weighted by Crippen LogP contribution is -2.24. The molecule has 1 aromatic heterocycles. The number of rotatable bonds is 4. The van der Waals surface area contributed by atoms with Crippen molar-refractivity contribution in [3.63, 3.8) is 0 Å². The van der Waals surface area contributed by atoms with Gasteiger partial charge in [-0.05, 0) is 6.07 Å². The minimum atomic E-state index is -0.808. The van der Waals surface area contributed by atoms with E-state index in [0.717, 1.165) is 0 Å². The number of β-amino-alcohol motifs (C(OH)–C–C–N with tert-alkyl or cyclic N) is 1. The third-order valence-electron chi connectivity index (χ3n) is 2.84. The topological polar surface area (TPSA) is 78.6 Å². The normalized spacial score (nSPS) is 26.1. The molecule has 1 saturated heterocycles. The molecule has 88 valence electrons. The van der Waals surface area contributed by atoms with E-state index in [1.807, 2.05) is 17.2 Å². The molecule has 1 fully saturated rings. The number of aliphatic hydroxyl groups is 1. The van der Waals surface area contributed by atoms with Gasteiger partial charge in [-0.15, -0.1) is 0 Å². The van der Waals surface area contributed by atoms with Crippen molar-refractivity contribution in [3.8, 4) is 0 Å². The predicted octanol–water partition coefficient (Wildman–Crippen LogP) is -0.425. The lowest BCUT2D eigenvalue weighted by molar-refractivity contribution is -0.137. The van der Waals surface area contributed by atoms with Crippen LogP contribution in [0.3, 0.4) is 0 Å². The smallest absolute Gasteiger partial charge is 0.304 e. The van der Waals surface area contributed by atoms with Crippen molar-refractivity contribution in [3.05, 3.63) is 18.5 Å². The van der Waals surface area contributed by atoms with Crippen molar-refractivity contribution < 1.29 is 15.0 Å². The molecule has 1 aliphatic rings. The fourth-order valence-electron chi connectivity index (χ4n) is 2.02. The van der Waals surface area contributed by atoms with Gasteiger partial charge in [0.05, 0.1) is 18.6 Å². The monoisotopic (exact) mass is 225 g/mol. The molecule has 6 heteroatoms. The van der Waals surface area contributed by atoms with Crippen molar-refractivity contribution >= 4 is 5.97 Å². The van der Waals surface area contributed by atoms with E-state index in [0.29, 0.717) is 19.6 Å². The van der Waals surface area contributed by atoms with E-state index in [1.165, 1.54) is 0 Å². The summed E-state index contributed by atoms with van der Waals surface area (Å²) in [6.07, 6.45) is 3.12. The molecule has 2 atom stereocenters. The number of likely N-dealkylation sites (tertiary alicyclic amines) is 1. The third-order valence-corrected chi connectivity index (χ3v) is 2.84. The van der Waals surface area contributed by atoms with Gasteiger partial charge in [-0.3, -0.25) is 14.4 Å². The van der Waals surface area contributed by atoms with Gasteiger partial charge >= 0.3 is 5.97 Å². The molecule has 1 aromatic rings. The molecule has 2 rings (SSSR count). The van der Waals surface area contributed by atoms with Crippen LogP contribution in [0.1, 0.15) is 12.5 Å². The first-order valence-electron chi connectivity index (χ1n) is 5.28. The Morgan fingerprint density at radius 1 is 1.50 bits per heavy atom. The second-order valence-electron chi connectivity index (χ2n) is 4.02. The van der Waals surface area contributed by atoms with Crippen molar-refractivity contribution in [2.45, 2.75) is 18.6 Å². The summed E-state index contributed by atoms with van der Waals surface area (Å²) in [5.41, 5.74) is 0. The number of aliphatic hydroxyl groups excluding tert-OH is 1. The Morgan fingerprint density at radius 3 is 2.94 bits per heavy atom. The van der Waals surface area contributed by atoms with Gasteiger partial charge in [-0.2, -0.15) is 5.10 Å². The Morgan fingerprint density at radius 2 is 2.31 bits per heavy atom. The summed E-state index contributed by atoms with van der Waals surface area (Å²) >= 11 is 0. The zero-order valence-electron chi connectivity index (χ0n) is 8.86. The molecule has 0 radical (unpaired) electrons. The van der Waals surface area contributed by atoms with E-state index in [4.69, 9.17) is 5.11 Å². The fourth-order valence-corrected chi connectivity index (χ4v) is 2.02. The highest BCUT2D eigenvalue weighted by atomic mass is 16.4. The van der Waals surface area contributed by atoms with Crippen molar-refractivity contribution in [1.29, 1.82) is 0 Å². The van der Waals surface area contributed by atoms with Crippen LogP contribution < -0.4 is 0 Å². The zero-order valence-corrected chi connectivity index (χ0v) is 8.86. The van der Waals surface area contributed by atoms with Gasteiger partial charge < -0.3 is 10.2 Å². The number of hydrogen-bond donors (Lipinski definition) is 2. The van der Waals surface area contributed by atoms with Gasteiger partial charge in [0, 0.05) is 32.0 Å². The highest BCUT2D eigenvalue weighted by molar-refractivity contribution is 5.66. The SMILES string of the molecule is O=C(O)CCN1C[C@@H](O)[C@@H](n2cccn2)C1. The second kappa shape index (κ2) is 4.63. The molecule has 6 nitrogen and oxygen atoms in total. The maximum atomic E-state index is 10.4. The summed E-state index contributed by atoms with van der Waals surface area (Å²) in [6, 6.07) is 1.75. The van der Waals surface area contributed by atoms with E-state index in [9.17, 15) is 9.90 Å². The van der Waals surface area contributed by atoms with Crippen molar-refractivity contribution in [1.82, 2.24) is 14.7 Å². The summed E-state index contributed by atoms with van der Waals surface area (Å²) in [5, 5.41) is 22.5. The zero-order chi connectivity index (χ0) is 11.5. The van der Waals surface area contributed by atoms with Crippen LogP contribution in [0.4, 0.5) is 0 Å². The minimum Gasteiger partial charge on any atom is -0.481 e. The molecule has 0 aliphatic carbocycles. The van der Waals surface area contributed by atoms with Gasteiger partial charge in [0.25, 0.3) is 0 Å². The maximum Gasteiger partial charge on any atom is 0.304 e. The van der Waals surface area contributed by atoms with Gasteiger partial charge in [-0.1, -0.05) is 0 Å². The number of carbonyl (C=O) groups is 1. The van der Waals surface area contributed by atoms with Gasteiger partial charge in [0.2, 0.25) is 0 Å². The Balaban J connectivity index is 1.92. The van der Waals surface area contributed by atoms with Gasteiger partial charge in [0.1, 0.15) is 0 Å². The molecule has 0 aromatic carbocycles. The van der Waals surface area contributed by atoms with Crippen LogP contribution in [0.25, 0.3) is 0 Å². The summed E-state index contributed by atoms with van der Waals surface area (Å²) in [7, 11) is 0. The molecule has 0 spiro atoms. The first-order valence-corrected chi connectivity index (χ1v) is 5.28. The van der Waals surface area contributed by atoms with Crippen molar-refractivity contribution in [2.75, 3.05) is 19.6 Å². The highest BCUT2D eigenvalue weighted by Crippen LogP contribution is 2.21. The van der Waals surface area contributed by atoms with Crippen LogP contribution in [0.15, 0.2) is 18.5 Å². The lowest BCUT2D eigenvalue weighted by atomic mass is 10.2. The van der Waals surface area contributed by atoms with E-state index in [-0.39, 0.29) is 12.5 Å². The molecule has 1 aliphatic heterocycles. The third kappa shape index (κ3) is 2.40. The first kappa shape index (κ1) is 11.1. The molecule has 0 amide bonds. The number of aliphatic carboxylic acids is 1. The van der Waals surface area contributed by atoms with Crippen LogP contribution in [-0.2, 0) is 4.79 Å². The van der Waals surface area contributed by atoms with Gasteiger partial charge in [0.15, 0.2) is 0 Å². The second-order valence-corrected chi connectivity index (χ2v) is 4.02. The number of carboxylic acid groups (broad SMARTS) is 1. The van der Waals surface area contributed by atoms with Crippen LogP contribution in [-0.4, -0.2) is 56.6 Å². The molecular weight excluding hydrogens is 210 g/mol. The fraction of sp³-hybridized carbons (Fsp3) is 0.600. The summed E-state index contributed by atoms with van der Waals surface area (Å²) in [5.74, 6) is -0.808. The maximum absolute atomic E-state index is 10.4. The standard InChI is InChI=1S/C10H15N3O3/c14-9-7-12(5-2-10(15)16)6-8(9)13-4-1-3-11-13/h1,3-4,8-9,14H,2,5-7H2,(H,15,16)/t8-,9+/m0/s1. The number of carboxylic acids is 1. The Kier molecular flexibility index (Phi) is 3.21. The average Bonchev–Trinajstić information content (AvgIpc) is 2.83. The predicted molar refractivity (Wildman–Crippen MR) is 56.0 cm³/mol. The first-order chi connectivity index (χ1) is 7.66. The number of aromatic nitrogens is 2. The largest absolute Gasteiger partial charge is 0.481 e. The van der Waals surface area contributed by atoms with E-state index < -0.39 is 12.1 Å². The van der Waals surface area contributed by atoms with E-state index in [2.05, 4.69) is 5.10 Å². The summed E-state index contributed by atoms with van der Waals surface area (Å²) < 4.78 is 1.73. The molecule has 2 heterocycles. The molecule has 16 heavy (non-hydrogen) atoms. The quantitative estimate of drug-likeness (QED) is 0.727. The Hall–Kier alpha value is -1.40. The van der Waals surface area contributed by atoms with E-state index in [1.54, 1.807) is 10.9 Å². The summed E-state index contributed by atoms with van der Waals surface area (Å²) in [6.45, 7) is 1.64. The Labute approximate surface area is 93.1 Å². The van der Waals surface area contributed by atoms with Gasteiger partial charge in [-0.25, -0.2) is 0 Å². The summed E-state index contributed by atoms with van der Waals surface area (Å²) in [4.78, 5) is 12.4. The minimum absolute atomic E-state index is 0.0659. The molecule has 0 unspecified atom stereocenters. The highest BCUT2D eigenvalue weighted by Gasteiger charge is 2.32. The Bertz CT molecular complexity index is 352. The van der Waals surface area contributed by atoms with Crippen LogP contribution >= 0.6 is 0 Å². The van der Waals surface area contributed by atoms with Crippen LogP contribution in [0, 0.1) is 0 Å². The molecule has 0 bridgehead atoms. The molecule has 0 saturated carbocycles.